The molecule has 2 N–H and O–H groups in total. The molecule has 0 fully saturated rings. The highest BCUT2D eigenvalue weighted by atomic mass is 19.1. The van der Waals surface area contributed by atoms with Gasteiger partial charge >= 0.3 is 5.76 Å². The number of halogens is 1. The smallest absolute Gasteiger partial charge is 0.408 e. The number of aryl methyl sites for hydroxylation is 1. The lowest BCUT2D eigenvalue weighted by molar-refractivity contribution is 0.0927. The summed E-state index contributed by atoms with van der Waals surface area (Å²) in [5, 5.41) is 9.68. The first-order chi connectivity index (χ1) is 20.2. The minimum Gasteiger partial charge on any atom is -0.408 e. The number of oxazole rings is 1. The van der Waals surface area contributed by atoms with E-state index in [2.05, 4.69) is 20.7 Å². The second kappa shape index (κ2) is 10.4. The summed E-state index contributed by atoms with van der Waals surface area (Å²) in [6.07, 6.45) is 2.26. The lowest BCUT2D eigenvalue weighted by atomic mass is 9.96. The van der Waals surface area contributed by atoms with Crippen molar-refractivity contribution in [2.45, 2.75) is 52.7 Å². The van der Waals surface area contributed by atoms with Gasteiger partial charge in [-0.25, -0.2) is 18.7 Å². The third-order valence-corrected chi connectivity index (χ3v) is 7.77. The fourth-order valence-corrected chi connectivity index (χ4v) is 5.65. The molecule has 0 saturated heterocycles. The molecule has 0 saturated carbocycles. The third kappa shape index (κ3) is 4.54. The van der Waals surface area contributed by atoms with Crippen molar-refractivity contribution in [1.29, 1.82) is 0 Å². The van der Waals surface area contributed by atoms with Crippen molar-refractivity contribution in [2.75, 3.05) is 0 Å². The molecule has 5 aromatic rings. The van der Waals surface area contributed by atoms with Gasteiger partial charge in [0.15, 0.2) is 22.8 Å². The van der Waals surface area contributed by atoms with E-state index in [4.69, 9.17) is 4.42 Å². The number of hydrogen-bond acceptors (Lipinski definition) is 7. The molecule has 0 bridgehead atoms. The van der Waals surface area contributed by atoms with Crippen molar-refractivity contribution in [3.8, 4) is 0 Å². The number of carbonyl (C=O) groups excluding carboxylic acids is 3. The zero-order valence-electron chi connectivity index (χ0n) is 23.2. The molecular weight excluding hydrogens is 543 g/mol. The number of Topliss-reactive ketones (excluding diaryl/α,β-unsaturated/α-hetero) is 1. The second-order valence-electron chi connectivity index (χ2n) is 10.3. The Morgan fingerprint density at radius 2 is 1.95 bits per heavy atom. The Labute approximate surface area is 238 Å². The maximum atomic E-state index is 14.6. The highest BCUT2D eigenvalue weighted by Crippen LogP contribution is 2.35. The molecule has 2 aromatic carbocycles. The summed E-state index contributed by atoms with van der Waals surface area (Å²) in [6.45, 7) is 5.77. The number of fused-ring (bicyclic) bond motifs is 3. The lowest BCUT2D eigenvalue weighted by Gasteiger charge is -2.16. The number of aromatic nitrogens is 4. The molecule has 42 heavy (non-hydrogen) atoms. The van der Waals surface area contributed by atoms with E-state index >= 15 is 0 Å². The predicted molar refractivity (Wildman–Crippen MR) is 150 cm³/mol. The quantitative estimate of drug-likeness (QED) is 0.285. The summed E-state index contributed by atoms with van der Waals surface area (Å²) in [7, 11) is 0. The van der Waals surface area contributed by atoms with E-state index in [-0.39, 0.29) is 35.4 Å². The summed E-state index contributed by atoms with van der Waals surface area (Å²) in [6, 6.07) is 9.69. The molecule has 3 aromatic heterocycles. The van der Waals surface area contributed by atoms with Crippen LogP contribution in [-0.2, 0) is 19.5 Å². The van der Waals surface area contributed by atoms with E-state index < -0.39 is 23.4 Å². The first kappa shape index (κ1) is 27.1. The minimum atomic E-state index is -0.778. The van der Waals surface area contributed by atoms with Crippen LogP contribution in [-0.4, -0.2) is 36.8 Å². The number of hydrogen-bond donors (Lipinski definition) is 2. The van der Waals surface area contributed by atoms with Crippen molar-refractivity contribution in [3.05, 3.63) is 98.2 Å². The van der Waals surface area contributed by atoms with Crippen molar-refractivity contribution < 1.29 is 23.2 Å². The zero-order valence-corrected chi connectivity index (χ0v) is 23.2. The number of rotatable bonds is 7. The summed E-state index contributed by atoms with van der Waals surface area (Å²) < 4.78 is 22.4. The van der Waals surface area contributed by atoms with Crippen LogP contribution in [0.5, 0.6) is 0 Å². The molecule has 2 amide bonds. The molecule has 0 unspecified atom stereocenters. The Morgan fingerprint density at radius 3 is 2.71 bits per heavy atom. The molecule has 1 aliphatic carbocycles. The Morgan fingerprint density at radius 1 is 1.14 bits per heavy atom. The Bertz CT molecular complexity index is 1990. The van der Waals surface area contributed by atoms with Gasteiger partial charge in [0.1, 0.15) is 11.4 Å². The Balaban J connectivity index is 1.25. The van der Waals surface area contributed by atoms with Crippen molar-refractivity contribution in [1.82, 2.24) is 29.8 Å². The van der Waals surface area contributed by atoms with Gasteiger partial charge in [-0.2, -0.15) is 5.10 Å². The molecule has 6 rings (SSSR count). The largest absolute Gasteiger partial charge is 0.419 e. The SMILES string of the molecule is CCn1c(=O)oc2ccc(CNC(=O)c3cc(C(=O)N[C@H]4CCc5c4ccc(C(C)=O)c5C)n4ncc(F)c4n3)cc21. The fourth-order valence-electron chi connectivity index (χ4n) is 5.65. The summed E-state index contributed by atoms with van der Waals surface area (Å²) in [4.78, 5) is 54.7. The van der Waals surface area contributed by atoms with Crippen molar-refractivity contribution in [3.63, 3.8) is 0 Å². The molecule has 3 heterocycles. The Kier molecular flexibility index (Phi) is 6.68. The zero-order chi connectivity index (χ0) is 29.7. The van der Waals surface area contributed by atoms with E-state index in [1.807, 2.05) is 19.9 Å². The van der Waals surface area contributed by atoms with Crippen LogP contribution in [0, 0.1) is 12.7 Å². The van der Waals surface area contributed by atoms with Crippen LogP contribution in [0.4, 0.5) is 4.39 Å². The molecule has 0 aliphatic heterocycles. The lowest BCUT2D eigenvalue weighted by Crippen LogP contribution is -2.30. The number of benzene rings is 2. The van der Waals surface area contributed by atoms with Gasteiger partial charge in [-0.3, -0.25) is 19.0 Å². The van der Waals surface area contributed by atoms with Crippen LogP contribution < -0.4 is 16.4 Å². The maximum absolute atomic E-state index is 14.6. The number of nitrogens with zero attached hydrogens (tertiary/aromatic N) is 4. The van der Waals surface area contributed by atoms with Gasteiger partial charge in [-0.1, -0.05) is 18.2 Å². The van der Waals surface area contributed by atoms with Gasteiger partial charge in [0.05, 0.1) is 17.8 Å². The first-order valence-corrected chi connectivity index (χ1v) is 13.5. The summed E-state index contributed by atoms with van der Waals surface area (Å²) >= 11 is 0. The number of amides is 2. The van der Waals surface area contributed by atoms with E-state index in [9.17, 15) is 23.6 Å². The monoisotopic (exact) mass is 570 g/mol. The maximum Gasteiger partial charge on any atom is 0.419 e. The molecule has 0 spiro atoms. The normalized spacial score (nSPS) is 14.3. The summed E-state index contributed by atoms with van der Waals surface area (Å²) in [5.41, 5.74) is 4.80. The van der Waals surface area contributed by atoms with Gasteiger partial charge in [-0.05, 0) is 68.0 Å². The number of carbonyl (C=O) groups is 3. The second-order valence-corrected chi connectivity index (χ2v) is 10.3. The van der Waals surface area contributed by atoms with E-state index in [1.54, 1.807) is 24.3 Å². The van der Waals surface area contributed by atoms with Gasteiger partial charge in [0.25, 0.3) is 11.8 Å². The van der Waals surface area contributed by atoms with Crippen molar-refractivity contribution in [2.24, 2.45) is 0 Å². The Hall–Kier alpha value is -5.13. The molecule has 214 valence electrons. The molecule has 0 radical (unpaired) electrons. The van der Waals surface area contributed by atoms with Crippen LogP contribution in [0.2, 0.25) is 0 Å². The van der Waals surface area contributed by atoms with E-state index in [1.165, 1.54) is 17.6 Å². The van der Waals surface area contributed by atoms with Gasteiger partial charge < -0.3 is 15.1 Å². The van der Waals surface area contributed by atoms with Crippen molar-refractivity contribution >= 4 is 34.3 Å². The highest BCUT2D eigenvalue weighted by Gasteiger charge is 2.29. The van der Waals surface area contributed by atoms with Gasteiger partial charge in [-0.15, -0.1) is 0 Å². The standard InChI is InChI=1S/C30H27FN6O5/c1-4-36-24-11-17(5-10-26(24)42-30(36)41)13-32-28(39)23-12-25(37-27(34-23)21(31)14-33-37)29(40)35-22-9-8-19-15(2)18(16(3)38)6-7-20(19)22/h5-7,10-12,14,22H,4,8-9,13H2,1-3H3,(H,32,39)(H,35,40)/t22-/m0/s1. The van der Waals surface area contributed by atoms with Gasteiger partial charge in [0.2, 0.25) is 0 Å². The van der Waals surface area contributed by atoms with E-state index in [0.717, 1.165) is 27.4 Å². The van der Waals surface area contributed by atoms with Crippen LogP contribution in [0.3, 0.4) is 0 Å². The van der Waals surface area contributed by atoms with Crippen LogP contribution in [0.15, 0.2) is 51.8 Å². The molecule has 1 aliphatic rings. The predicted octanol–water partition coefficient (Wildman–Crippen LogP) is 3.65. The third-order valence-electron chi connectivity index (χ3n) is 7.77. The van der Waals surface area contributed by atoms with E-state index in [0.29, 0.717) is 41.6 Å². The average Bonchev–Trinajstić information content (AvgIpc) is 3.65. The summed E-state index contributed by atoms with van der Waals surface area (Å²) in [5.74, 6) is -2.42. The van der Waals surface area contributed by atoms with Crippen LogP contribution >= 0.6 is 0 Å². The molecule has 11 nitrogen and oxygen atoms in total. The average molecular weight is 571 g/mol. The number of nitrogens with one attached hydrogen (secondary N) is 2. The van der Waals surface area contributed by atoms with Crippen LogP contribution in [0.1, 0.15) is 79.9 Å². The molecule has 12 heteroatoms. The molecular formula is C30H27FN6O5. The minimum absolute atomic E-state index is 0.0169. The topological polar surface area (TPSA) is 141 Å². The van der Waals surface area contributed by atoms with Crippen LogP contribution in [0.25, 0.3) is 16.7 Å². The molecule has 1 atom stereocenters. The number of ketones is 1. The first-order valence-electron chi connectivity index (χ1n) is 13.5. The van der Waals surface area contributed by atoms with Gasteiger partial charge in [0, 0.05) is 24.7 Å². The highest BCUT2D eigenvalue weighted by molar-refractivity contribution is 5.99. The fraction of sp³-hybridized carbons (Fsp3) is 0.267.